The van der Waals surface area contributed by atoms with Crippen molar-refractivity contribution in [2.24, 2.45) is 11.7 Å². The number of amides is 1. The second-order valence-electron chi connectivity index (χ2n) is 5.22. The zero-order valence-corrected chi connectivity index (χ0v) is 12.5. The Bertz CT molecular complexity index is 485. The monoisotopic (exact) mass is 294 g/mol. The lowest BCUT2D eigenvalue weighted by molar-refractivity contribution is -0.145. The standard InChI is InChI=1S/C15H22N2O4/c1-9(2)13(16)14(19)17-12(15(20)21-3)8-10-4-6-11(18)7-5-10/h4-7,9,12-13,18H,8,16H2,1-3H3,(H,17,19)/t12-,13?/m0/s1. The lowest BCUT2D eigenvalue weighted by Gasteiger charge is -2.21. The number of ether oxygens (including phenoxy) is 1. The first-order chi connectivity index (χ1) is 9.85. The van der Waals surface area contributed by atoms with Gasteiger partial charge in [-0.05, 0) is 23.6 Å². The van der Waals surface area contributed by atoms with Crippen molar-refractivity contribution in [3.05, 3.63) is 29.8 Å². The fraction of sp³-hybridized carbons (Fsp3) is 0.467. The van der Waals surface area contributed by atoms with E-state index >= 15 is 0 Å². The Morgan fingerprint density at radius 1 is 1.29 bits per heavy atom. The Kier molecular flexibility index (Phi) is 6.17. The molecule has 1 amide bonds. The van der Waals surface area contributed by atoms with E-state index in [9.17, 15) is 14.7 Å². The molecule has 0 aromatic heterocycles. The normalized spacial score (nSPS) is 13.6. The summed E-state index contributed by atoms with van der Waals surface area (Å²) in [6, 6.07) is 4.91. The van der Waals surface area contributed by atoms with Crippen molar-refractivity contribution in [3.63, 3.8) is 0 Å². The molecule has 1 aromatic carbocycles. The molecule has 0 spiro atoms. The van der Waals surface area contributed by atoms with Crippen molar-refractivity contribution in [1.82, 2.24) is 5.32 Å². The first kappa shape index (κ1) is 17.0. The highest BCUT2D eigenvalue weighted by atomic mass is 16.5. The van der Waals surface area contributed by atoms with Gasteiger partial charge in [0.05, 0.1) is 13.2 Å². The molecule has 0 aliphatic heterocycles. The molecule has 116 valence electrons. The van der Waals surface area contributed by atoms with Crippen molar-refractivity contribution in [2.75, 3.05) is 7.11 Å². The van der Waals surface area contributed by atoms with Gasteiger partial charge in [-0.3, -0.25) is 4.79 Å². The molecular formula is C15H22N2O4. The largest absolute Gasteiger partial charge is 0.508 e. The molecule has 0 fully saturated rings. The molecular weight excluding hydrogens is 272 g/mol. The molecule has 6 heteroatoms. The highest BCUT2D eigenvalue weighted by Crippen LogP contribution is 2.12. The molecule has 1 unspecified atom stereocenters. The number of carbonyl (C=O) groups excluding carboxylic acids is 2. The van der Waals surface area contributed by atoms with Gasteiger partial charge in [0, 0.05) is 6.42 Å². The van der Waals surface area contributed by atoms with Gasteiger partial charge in [0.25, 0.3) is 0 Å². The Balaban J connectivity index is 2.79. The number of methoxy groups -OCH3 is 1. The third kappa shape index (κ3) is 5.07. The van der Waals surface area contributed by atoms with Gasteiger partial charge in [-0.1, -0.05) is 26.0 Å². The summed E-state index contributed by atoms with van der Waals surface area (Å²) in [4.78, 5) is 23.8. The van der Waals surface area contributed by atoms with E-state index in [1.54, 1.807) is 12.1 Å². The summed E-state index contributed by atoms with van der Waals surface area (Å²) in [6.45, 7) is 3.66. The van der Waals surface area contributed by atoms with Gasteiger partial charge in [0.1, 0.15) is 11.8 Å². The molecule has 4 N–H and O–H groups in total. The van der Waals surface area contributed by atoms with Crippen LogP contribution in [-0.4, -0.2) is 36.2 Å². The molecule has 0 aliphatic rings. The summed E-state index contributed by atoms with van der Waals surface area (Å²) in [6.07, 6.45) is 0.267. The van der Waals surface area contributed by atoms with Gasteiger partial charge in [0.15, 0.2) is 0 Å². The zero-order valence-electron chi connectivity index (χ0n) is 12.5. The van der Waals surface area contributed by atoms with E-state index in [0.717, 1.165) is 5.56 Å². The summed E-state index contributed by atoms with van der Waals surface area (Å²) in [7, 11) is 1.26. The van der Waals surface area contributed by atoms with Crippen LogP contribution in [0.1, 0.15) is 19.4 Å². The fourth-order valence-electron chi connectivity index (χ4n) is 1.77. The predicted molar refractivity (Wildman–Crippen MR) is 78.6 cm³/mol. The maximum absolute atomic E-state index is 12.0. The maximum atomic E-state index is 12.0. The topological polar surface area (TPSA) is 102 Å². The van der Waals surface area contributed by atoms with Gasteiger partial charge in [0.2, 0.25) is 5.91 Å². The molecule has 0 saturated heterocycles. The number of nitrogens with two attached hydrogens (primary N) is 1. The van der Waals surface area contributed by atoms with Crippen LogP contribution in [0, 0.1) is 5.92 Å². The molecule has 1 rings (SSSR count). The van der Waals surface area contributed by atoms with Crippen LogP contribution in [0.5, 0.6) is 5.75 Å². The van der Waals surface area contributed by atoms with Crippen LogP contribution in [0.3, 0.4) is 0 Å². The zero-order chi connectivity index (χ0) is 16.0. The van der Waals surface area contributed by atoms with E-state index in [1.165, 1.54) is 19.2 Å². The van der Waals surface area contributed by atoms with Gasteiger partial charge < -0.3 is 20.9 Å². The summed E-state index contributed by atoms with van der Waals surface area (Å²) in [5.74, 6) is -0.817. The van der Waals surface area contributed by atoms with Gasteiger partial charge in [-0.15, -0.1) is 0 Å². The van der Waals surface area contributed by atoms with Crippen LogP contribution in [0.4, 0.5) is 0 Å². The molecule has 0 aliphatic carbocycles. The number of hydrogen-bond donors (Lipinski definition) is 3. The average molecular weight is 294 g/mol. The van der Waals surface area contributed by atoms with Gasteiger partial charge >= 0.3 is 5.97 Å². The van der Waals surface area contributed by atoms with E-state index in [0.29, 0.717) is 0 Å². The molecule has 0 heterocycles. The first-order valence-corrected chi connectivity index (χ1v) is 6.76. The Labute approximate surface area is 124 Å². The second kappa shape index (κ2) is 7.64. The van der Waals surface area contributed by atoms with Crippen LogP contribution in [0.15, 0.2) is 24.3 Å². The molecule has 0 saturated carbocycles. The molecule has 21 heavy (non-hydrogen) atoms. The Hall–Kier alpha value is -2.08. The van der Waals surface area contributed by atoms with Crippen LogP contribution in [-0.2, 0) is 20.7 Å². The third-order valence-corrected chi connectivity index (χ3v) is 3.20. The summed E-state index contributed by atoms with van der Waals surface area (Å²) < 4.78 is 4.71. The number of aromatic hydroxyl groups is 1. The van der Waals surface area contributed by atoms with Crippen LogP contribution in [0.2, 0.25) is 0 Å². The Morgan fingerprint density at radius 2 is 1.86 bits per heavy atom. The van der Waals surface area contributed by atoms with Gasteiger partial charge in [-0.2, -0.15) is 0 Å². The summed E-state index contributed by atoms with van der Waals surface area (Å²) >= 11 is 0. The molecule has 1 aromatic rings. The van der Waals surface area contributed by atoms with Crippen LogP contribution < -0.4 is 11.1 Å². The number of phenols is 1. The Morgan fingerprint density at radius 3 is 2.33 bits per heavy atom. The minimum Gasteiger partial charge on any atom is -0.508 e. The molecule has 2 atom stereocenters. The fourth-order valence-corrected chi connectivity index (χ4v) is 1.77. The second-order valence-corrected chi connectivity index (χ2v) is 5.22. The number of carbonyl (C=O) groups is 2. The van der Waals surface area contributed by atoms with E-state index < -0.39 is 18.1 Å². The number of benzene rings is 1. The van der Waals surface area contributed by atoms with Gasteiger partial charge in [-0.25, -0.2) is 4.79 Å². The molecule has 6 nitrogen and oxygen atoms in total. The lowest BCUT2D eigenvalue weighted by atomic mass is 10.0. The predicted octanol–water partition coefficient (Wildman–Crippen LogP) is 0.576. The van der Waals surface area contributed by atoms with E-state index in [2.05, 4.69) is 5.32 Å². The molecule has 0 bridgehead atoms. The van der Waals surface area contributed by atoms with Crippen molar-refractivity contribution >= 4 is 11.9 Å². The van der Waals surface area contributed by atoms with E-state index in [4.69, 9.17) is 10.5 Å². The van der Waals surface area contributed by atoms with E-state index in [-0.39, 0.29) is 24.0 Å². The SMILES string of the molecule is COC(=O)[C@H](Cc1ccc(O)cc1)NC(=O)C(N)C(C)C. The van der Waals surface area contributed by atoms with Crippen molar-refractivity contribution in [3.8, 4) is 5.75 Å². The van der Waals surface area contributed by atoms with Crippen LogP contribution in [0.25, 0.3) is 0 Å². The summed E-state index contributed by atoms with van der Waals surface area (Å²) in [5.41, 5.74) is 6.56. The van der Waals surface area contributed by atoms with E-state index in [1.807, 2.05) is 13.8 Å². The number of esters is 1. The smallest absolute Gasteiger partial charge is 0.328 e. The lowest BCUT2D eigenvalue weighted by Crippen LogP contribution is -2.51. The number of phenolic OH excluding ortho intramolecular Hbond substituents is 1. The third-order valence-electron chi connectivity index (χ3n) is 3.20. The van der Waals surface area contributed by atoms with Crippen LogP contribution >= 0.6 is 0 Å². The summed E-state index contributed by atoms with van der Waals surface area (Å²) in [5, 5.41) is 11.9. The first-order valence-electron chi connectivity index (χ1n) is 6.76. The minimum atomic E-state index is -0.808. The number of rotatable bonds is 6. The maximum Gasteiger partial charge on any atom is 0.328 e. The molecule has 0 radical (unpaired) electrons. The highest BCUT2D eigenvalue weighted by Gasteiger charge is 2.25. The number of nitrogens with one attached hydrogen (secondary N) is 1. The van der Waals surface area contributed by atoms with Crippen molar-refractivity contribution < 1.29 is 19.4 Å². The minimum absolute atomic E-state index is 0.0306. The quantitative estimate of drug-likeness (QED) is 0.666. The van der Waals surface area contributed by atoms with Crippen molar-refractivity contribution in [2.45, 2.75) is 32.4 Å². The number of hydrogen-bond acceptors (Lipinski definition) is 5. The highest BCUT2D eigenvalue weighted by molar-refractivity contribution is 5.87. The average Bonchev–Trinajstić information content (AvgIpc) is 2.46. The van der Waals surface area contributed by atoms with Crippen molar-refractivity contribution in [1.29, 1.82) is 0 Å².